The lowest BCUT2D eigenvalue weighted by atomic mass is 10.0. The molecule has 0 atom stereocenters. The fourth-order valence-electron chi connectivity index (χ4n) is 4.73. The van der Waals surface area contributed by atoms with Gasteiger partial charge >= 0.3 is 0 Å². The molecule has 0 bridgehead atoms. The van der Waals surface area contributed by atoms with Crippen LogP contribution in [0.15, 0.2) is 0 Å². The van der Waals surface area contributed by atoms with Gasteiger partial charge in [-0.25, -0.2) is 0 Å². The van der Waals surface area contributed by atoms with E-state index in [4.69, 9.17) is 0 Å². The van der Waals surface area contributed by atoms with Gasteiger partial charge in [0.1, 0.15) is 0 Å². The van der Waals surface area contributed by atoms with Crippen LogP contribution in [-0.4, -0.2) is 30.7 Å². The molecule has 1 heteroatoms. The van der Waals surface area contributed by atoms with E-state index in [1.165, 1.54) is 146 Å². The monoisotopic (exact) mass is 352 g/mol. The van der Waals surface area contributed by atoms with Crippen LogP contribution in [0.1, 0.15) is 129 Å². The van der Waals surface area contributed by atoms with Crippen molar-refractivity contribution >= 4 is 0 Å². The number of unbranched alkanes of at least 4 members (excludes halogenated alkanes) is 14. The fourth-order valence-corrected chi connectivity index (χ4v) is 4.73. The van der Waals surface area contributed by atoms with Crippen molar-refractivity contribution in [2.24, 2.45) is 0 Å². The Morgan fingerprint density at radius 1 is 0.440 bits per heavy atom. The van der Waals surface area contributed by atoms with Crippen molar-refractivity contribution in [1.82, 2.24) is 0 Å². The molecule has 0 amide bonds. The summed E-state index contributed by atoms with van der Waals surface area (Å²) in [6.07, 6.45) is 26.4. The Kier molecular flexibility index (Phi) is 14.9. The highest BCUT2D eigenvalue weighted by Gasteiger charge is 2.30. The van der Waals surface area contributed by atoms with E-state index in [0.29, 0.717) is 0 Å². The highest BCUT2D eigenvalue weighted by Crippen LogP contribution is 2.22. The summed E-state index contributed by atoms with van der Waals surface area (Å²) in [7, 11) is 0. The maximum Gasteiger partial charge on any atom is 0.0788 e. The molecule has 150 valence electrons. The molecule has 0 aromatic heterocycles. The largest absolute Gasteiger partial charge is 0.324 e. The first-order valence-corrected chi connectivity index (χ1v) is 12.2. The lowest BCUT2D eigenvalue weighted by molar-refractivity contribution is -0.917. The average molecular weight is 353 g/mol. The molecule has 0 unspecified atom stereocenters. The molecular weight excluding hydrogens is 302 g/mol. The maximum absolute atomic E-state index is 2.33. The third-order valence-electron chi connectivity index (χ3n) is 6.49. The summed E-state index contributed by atoms with van der Waals surface area (Å²) in [5.41, 5.74) is 0. The standard InChI is InChI=1S/C24H50N/c1-3-5-7-8-9-10-11-12-13-14-15-16-18-22-25(21-17-6-4-2)23-19-20-24-25/h3-24H2,1-2H3/q+1. The van der Waals surface area contributed by atoms with E-state index in [1.54, 1.807) is 0 Å². The molecule has 25 heavy (non-hydrogen) atoms. The molecule has 1 heterocycles. The van der Waals surface area contributed by atoms with Gasteiger partial charge in [-0.3, -0.25) is 0 Å². The van der Waals surface area contributed by atoms with Gasteiger partial charge in [-0.15, -0.1) is 0 Å². The lowest BCUT2D eigenvalue weighted by Crippen LogP contribution is -2.46. The molecule has 1 rings (SSSR count). The van der Waals surface area contributed by atoms with Crippen LogP contribution < -0.4 is 0 Å². The second-order valence-electron chi connectivity index (χ2n) is 8.89. The zero-order valence-corrected chi connectivity index (χ0v) is 18.0. The van der Waals surface area contributed by atoms with Crippen LogP contribution in [0.25, 0.3) is 0 Å². The molecule has 1 aliphatic rings. The van der Waals surface area contributed by atoms with Gasteiger partial charge in [0.05, 0.1) is 26.2 Å². The van der Waals surface area contributed by atoms with Gasteiger partial charge in [0.15, 0.2) is 0 Å². The zero-order chi connectivity index (χ0) is 18.1. The van der Waals surface area contributed by atoms with Crippen LogP contribution in [0.3, 0.4) is 0 Å². The number of hydrogen-bond acceptors (Lipinski definition) is 0. The van der Waals surface area contributed by atoms with E-state index < -0.39 is 0 Å². The topological polar surface area (TPSA) is 0 Å². The molecule has 0 spiro atoms. The zero-order valence-electron chi connectivity index (χ0n) is 18.0. The van der Waals surface area contributed by atoms with Crippen molar-refractivity contribution in [3.8, 4) is 0 Å². The average Bonchev–Trinajstić information content (AvgIpc) is 3.08. The van der Waals surface area contributed by atoms with Crippen LogP contribution in [0, 0.1) is 0 Å². The van der Waals surface area contributed by atoms with E-state index in [2.05, 4.69) is 13.8 Å². The third-order valence-corrected chi connectivity index (χ3v) is 6.49. The van der Waals surface area contributed by atoms with Gasteiger partial charge in [-0.1, -0.05) is 90.9 Å². The molecule has 0 saturated carbocycles. The summed E-state index contributed by atoms with van der Waals surface area (Å²) < 4.78 is 1.48. The Balaban J connectivity index is 1.88. The van der Waals surface area contributed by atoms with Crippen LogP contribution in [0.5, 0.6) is 0 Å². The van der Waals surface area contributed by atoms with Crippen LogP contribution >= 0.6 is 0 Å². The molecule has 0 aromatic carbocycles. The summed E-state index contributed by atoms with van der Waals surface area (Å²) in [4.78, 5) is 0. The van der Waals surface area contributed by atoms with Crippen LogP contribution in [0.4, 0.5) is 0 Å². The minimum absolute atomic E-state index is 1.37. The predicted octanol–water partition coefficient (Wildman–Crippen LogP) is 7.88. The van der Waals surface area contributed by atoms with Crippen molar-refractivity contribution < 1.29 is 4.48 Å². The Morgan fingerprint density at radius 2 is 0.760 bits per heavy atom. The molecule has 1 saturated heterocycles. The second-order valence-corrected chi connectivity index (χ2v) is 8.89. The summed E-state index contributed by atoms with van der Waals surface area (Å²) >= 11 is 0. The van der Waals surface area contributed by atoms with Gasteiger partial charge in [0.2, 0.25) is 0 Å². The highest BCUT2D eigenvalue weighted by molar-refractivity contribution is 4.57. The Morgan fingerprint density at radius 3 is 1.20 bits per heavy atom. The second kappa shape index (κ2) is 16.2. The third kappa shape index (κ3) is 12.1. The quantitative estimate of drug-likeness (QED) is 0.174. The molecule has 0 N–H and O–H groups in total. The predicted molar refractivity (Wildman–Crippen MR) is 114 cm³/mol. The molecule has 0 aromatic rings. The van der Waals surface area contributed by atoms with E-state index in [9.17, 15) is 0 Å². The molecule has 1 fully saturated rings. The Bertz CT molecular complexity index is 267. The fraction of sp³-hybridized carbons (Fsp3) is 1.00. The summed E-state index contributed by atoms with van der Waals surface area (Å²) in [6, 6.07) is 0. The number of quaternary nitrogens is 1. The highest BCUT2D eigenvalue weighted by atomic mass is 15.4. The minimum atomic E-state index is 1.37. The molecule has 1 aliphatic heterocycles. The number of likely N-dealkylation sites (tertiary alicyclic amines) is 1. The van der Waals surface area contributed by atoms with Crippen molar-refractivity contribution in [3.05, 3.63) is 0 Å². The van der Waals surface area contributed by atoms with Crippen LogP contribution in [0.2, 0.25) is 0 Å². The molecule has 0 radical (unpaired) electrons. The van der Waals surface area contributed by atoms with E-state index >= 15 is 0 Å². The normalized spacial score (nSPS) is 16.6. The summed E-state index contributed by atoms with van der Waals surface area (Å²) in [5.74, 6) is 0. The molecular formula is C24H50N+. The molecule has 0 aliphatic carbocycles. The van der Waals surface area contributed by atoms with Gasteiger partial charge < -0.3 is 4.48 Å². The van der Waals surface area contributed by atoms with Crippen molar-refractivity contribution in [3.63, 3.8) is 0 Å². The Labute approximate surface area is 160 Å². The number of nitrogens with zero attached hydrogens (tertiary/aromatic N) is 1. The summed E-state index contributed by atoms with van der Waals surface area (Å²) in [6.45, 7) is 10.6. The first-order chi connectivity index (χ1) is 12.3. The summed E-state index contributed by atoms with van der Waals surface area (Å²) in [5, 5.41) is 0. The number of rotatable bonds is 18. The van der Waals surface area contributed by atoms with Gasteiger partial charge in [0.25, 0.3) is 0 Å². The maximum atomic E-state index is 2.33. The smallest absolute Gasteiger partial charge is 0.0788 e. The molecule has 1 nitrogen and oxygen atoms in total. The van der Waals surface area contributed by atoms with Crippen molar-refractivity contribution in [1.29, 1.82) is 0 Å². The number of hydrogen-bond donors (Lipinski definition) is 0. The SMILES string of the molecule is CCCCCCCCCCCCCCC[N+]1(CCCCC)CCCC1. The minimum Gasteiger partial charge on any atom is -0.324 e. The van der Waals surface area contributed by atoms with E-state index in [1.807, 2.05) is 0 Å². The van der Waals surface area contributed by atoms with Crippen molar-refractivity contribution in [2.75, 3.05) is 26.2 Å². The van der Waals surface area contributed by atoms with Crippen molar-refractivity contribution in [2.45, 2.75) is 129 Å². The van der Waals surface area contributed by atoms with E-state index in [-0.39, 0.29) is 0 Å². The van der Waals surface area contributed by atoms with Gasteiger partial charge in [0, 0.05) is 12.8 Å². The lowest BCUT2D eigenvalue weighted by Gasteiger charge is -2.34. The first kappa shape index (κ1) is 23.0. The van der Waals surface area contributed by atoms with Crippen LogP contribution in [-0.2, 0) is 0 Å². The van der Waals surface area contributed by atoms with Gasteiger partial charge in [-0.05, 0) is 25.7 Å². The van der Waals surface area contributed by atoms with E-state index in [0.717, 1.165) is 0 Å². The first-order valence-electron chi connectivity index (χ1n) is 12.2. The Hall–Kier alpha value is -0.0400. The van der Waals surface area contributed by atoms with Gasteiger partial charge in [-0.2, -0.15) is 0 Å².